The first-order valence-electron chi connectivity index (χ1n) is 10.0. The highest BCUT2D eigenvalue weighted by atomic mass is 127. The van der Waals surface area contributed by atoms with Crippen LogP contribution in [0.4, 0.5) is 0 Å². The molecule has 152 valence electrons. The lowest BCUT2D eigenvalue weighted by atomic mass is 9.83. The fraction of sp³-hybridized carbons (Fsp3) is 0.947. The Morgan fingerprint density at radius 2 is 2.08 bits per heavy atom. The van der Waals surface area contributed by atoms with Gasteiger partial charge >= 0.3 is 0 Å². The van der Waals surface area contributed by atoms with Gasteiger partial charge in [-0.05, 0) is 44.1 Å². The van der Waals surface area contributed by atoms with Crippen molar-refractivity contribution in [1.29, 1.82) is 0 Å². The summed E-state index contributed by atoms with van der Waals surface area (Å²) < 4.78 is 11.4. The Morgan fingerprint density at radius 3 is 2.81 bits per heavy atom. The maximum absolute atomic E-state index is 6.03. The standard InChI is InChI=1S/C19H36N4O2.HI/c1-20-18(22-15-19(9-11-24-2)7-3-4-8-19)21-12-17-13-23-10-5-6-16(23)14-25-17;/h16-17H,3-15H2,1-2H3,(H2,20,21,22);1H. The molecule has 6 nitrogen and oxygen atoms in total. The number of nitrogens with one attached hydrogen (secondary N) is 2. The van der Waals surface area contributed by atoms with Crippen molar-refractivity contribution in [3.8, 4) is 0 Å². The van der Waals surface area contributed by atoms with E-state index in [9.17, 15) is 0 Å². The lowest BCUT2D eigenvalue weighted by Gasteiger charge is -2.35. The quantitative estimate of drug-likeness (QED) is 0.333. The average Bonchev–Trinajstić information content (AvgIpc) is 3.29. The minimum absolute atomic E-state index is 0. The van der Waals surface area contributed by atoms with Crippen LogP contribution in [0.2, 0.25) is 0 Å². The van der Waals surface area contributed by atoms with Gasteiger partial charge in [0.25, 0.3) is 0 Å². The molecule has 3 fully saturated rings. The van der Waals surface area contributed by atoms with Gasteiger partial charge < -0.3 is 20.1 Å². The van der Waals surface area contributed by atoms with Gasteiger partial charge in [0, 0.05) is 46.4 Å². The third kappa shape index (κ3) is 5.94. The Bertz CT molecular complexity index is 443. The third-order valence-corrected chi connectivity index (χ3v) is 6.31. The molecule has 2 unspecified atom stereocenters. The predicted molar refractivity (Wildman–Crippen MR) is 117 cm³/mol. The van der Waals surface area contributed by atoms with E-state index in [1.807, 2.05) is 7.05 Å². The van der Waals surface area contributed by atoms with Gasteiger partial charge in [-0.2, -0.15) is 0 Å². The van der Waals surface area contributed by atoms with Crippen LogP contribution in [-0.4, -0.2) is 76.6 Å². The SMILES string of the molecule is CN=C(NCC1CN2CCCC2CO1)NCC1(CCOC)CCCC1.I. The highest BCUT2D eigenvalue weighted by Gasteiger charge is 2.34. The fourth-order valence-corrected chi connectivity index (χ4v) is 4.67. The molecule has 1 saturated carbocycles. The molecule has 2 saturated heterocycles. The molecule has 0 spiro atoms. The molecule has 0 radical (unpaired) electrons. The molecule has 2 heterocycles. The second-order valence-corrected chi connectivity index (χ2v) is 8.00. The molecule has 3 aliphatic rings. The maximum Gasteiger partial charge on any atom is 0.191 e. The molecule has 0 bridgehead atoms. The smallest absolute Gasteiger partial charge is 0.191 e. The molecule has 2 N–H and O–H groups in total. The summed E-state index contributed by atoms with van der Waals surface area (Å²) in [6, 6.07) is 0.664. The predicted octanol–water partition coefficient (Wildman–Crippen LogP) is 2.23. The van der Waals surface area contributed by atoms with Gasteiger partial charge in [-0.1, -0.05) is 12.8 Å². The van der Waals surface area contributed by atoms with Gasteiger partial charge in [-0.15, -0.1) is 24.0 Å². The summed E-state index contributed by atoms with van der Waals surface area (Å²) in [4.78, 5) is 6.99. The summed E-state index contributed by atoms with van der Waals surface area (Å²) in [5.74, 6) is 0.899. The van der Waals surface area contributed by atoms with E-state index in [4.69, 9.17) is 9.47 Å². The monoisotopic (exact) mass is 480 g/mol. The van der Waals surface area contributed by atoms with Crippen LogP contribution in [0.5, 0.6) is 0 Å². The first-order valence-corrected chi connectivity index (χ1v) is 10.0. The number of hydrogen-bond acceptors (Lipinski definition) is 4. The summed E-state index contributed by atoms with van der Waals surface area (Å²) in [6.07, 6.45) is 9.28. The van der Waals surface area contributed by atoms with Crippen LogP contribution in [0.3, 0.4) is 0 Å². The van der Waals surface area contributed by atoms with E-state index in [0.717, 1.165) is 45.2 Å². The molecule has 0 aromatic heterocycles. The normalized spacial score (nSPS) is 28.5. The van der Waals surface area contributed by atoms with Crippen molar-refractivity contribution in [3.63, 3.8) is 0 Å². The largest absolute Gasteiger partial charge is 0.385 e. The second kappa shape index (κ2) is 11.0. The molecule has 2 aliphatic heterocycles. The summed E-state index contributed by atoms with van der Waals surface area (Å²) in [5.41, 5.74) is 0.373. The van der Waals surface area contributed by atoms with Gasteiger partial charge in [0.05, 0.1) is 12.7 Å². The molecule has 26 heavy (non-hydrogen) atoms. The van der Waals surface area contributed by atoms with Gasteiger partial charge in [-0.3, -0.25) is 9.89 Å². The van der Waals surface area contributed by atoms with Gasteiger partial charge in [0.1, 0.15) is 0 Å². The first-order chi connectivity index (χ1) is 12.2. The van der Waals surface area contributed by atoms with Crippen molar-refractivity contribution in [3.05, 3.63) is 0 Å². The van der Waals surface area contributed by atoms with E-state index in [2.05, 4.69) is 20.5 Å². The van der Waals surface area contributed by atoms with Crippen LogP contribution in [0.1, 0.15) is 44.9 Å². The second-order valence-electron chi connectivity index (χ2n) is 8.00. The first kappa shape index (κ1) is 22.2. The van der Waals surface area contributed by atoms with Crippen molar-refractivity contribution in [2.75, 3.05) is 53.6 Å². The molecule has 2 atom stereocenters. The van der Waals surface area contributed by atoms with Crippen LogP contribution in [0, 0.1) is 5.41 Å². The van der Waals surface area contributed by atoms with Gasteiger partial charge in [-0.25, -0.2) is 0 Å². The van der Waals surface area contributed by atoms with Crippen LogP contribution < -0.4 is 10.6 Å². The van der Waals surface area contributed by atoms with E-state index in [1.54, 1.807) is 7.11 Å². The van der Waals surface area contributed by atoms with E-state index in [0.29, 0.717) is 11.5 Å². The highest BCUT2D eigenvalue weighted by molar-refractivity contribution is 14.0. The van der Waals surface area contributed by atoms with Crippen LogP contribution in [-0.2, 0) is 9.47 Å². The Labute approximate surface area is 175 Å². The summed E-state index contributed by atoms with van der Waals surface area (Å²) in [5, 5.41) is 7.03. The Hall–Kier alpha value is -0.120. The molecular formula is C19H37IN4O2. The molecular weight excluding hydrogens is 443 g/mol. The van der Waals surface area contributed by atoms with Crippen molar-refractivity contribution in [2.24, 2.45) is 10.4 Å². The zero-order valence-corrected chi connectivity index (χ0v) is 18.8. The Kier molecular flexibility index (Phi) is 9.40. The minimum Gasteiger partial charge on any atom is -0.385 e. The number of methoxy groups -OCH3 is 1. The van der Waals surface area contributed by atoms with E-state index in [1.165, 1.54) is 45.1 Å². The van der Waals surface area contributed by atoms with E-state index in [-0.39, 0.29) is 30.1 Å². The number of rotatable bonds is 7. The number of fused-ring (bicyclic) bond motifs is 1. The van der Waals surface area contributed by atoms with E-state index >= 15 is 0 Å². The molecule has 3 rings (SSSR count). The zero-order chi connectivity index (χ0) is 17.5. The number of guanidine groups is 1. The zero-order valence-electron chi connectivity index (χ0n) is 16.5. The lowest BCUT2D eigenvalue weighted by Crippen LogP contribution is -2.52. The topological polar surface area (TPSA) is 58.1 Å². The number of nitrogens with zero attached hydrogens (tertiary/aromatic N) is 2. The van der Waals surface area contributed by atoms with Crippen molar-refractivity contribution in [1.82, 2.24) is 15.5 Å². The number of ether oxygens (including phenoxy) is 2. The van der Waals surface area contributed by atoms with Crippen LogP contribution in [0.25, 0.3) is 0 Å². The molecule has 7 heteroatoms. The van der Waals surface area contributed by atoms with Crippen molar-refractivity contribution in [2.45, 2.75) is 57.1 Å². The minimum atomic E-state index is 0. The Morgan fingerprint density at radius 1 is 1.27 bits per heavy atom. The third-order valence-electron chi connectivity index (χ3n) is 6.31. The molecule has 1 aliphatic carbocycles. The maximum atomic E-state index is 6.03. The molecule has 0 amide bonds. The summed E-state index contributed by atoms with van der Waals surface area (Å²) in [6.45, 7) is 5.83. The van der Waals surface area contributed by atoms with Crippen LogP contribution >= 0.6 is 24.0 Å². The number of halogens is 1. The molecule has 0 aromatic rings. The van der Waals surface area contributed by atoms with Gasteiger partial charge in [0.2, 0.25) is 0 Å². The fourth-order valence-electron chi connectivity index (χ4n) is 4.67. The summed E-state index contributed by atoms with van der Waals surface area (Å²) in [7, 11) is 3.65. The van der Waals surface area contributed by atoms with Crippen molar-refractivity contribution < 1.29 is 9.47 Å². The number of morpholine rings is 1. The lowest BCUT2D eigenvalue weighted by molar-refractivity contribution is -0.0453. The number of hydrogen-bond donors (Lipinski definition) is 2. The van der Waals surface area contributed by atoms with Crippen molar-refractivity contribution >= 4 is 29.9 Å². The summed E-state index contributed by atoms with van der Waals surface area (Å²) >= 11 is 0. The highest BCUT2D eigenvalue weighted by Crippen LogP contribution is 2.40. The van der Waals surface area contributed by atoms with Gasteiger partial charge in [0.15, 0.2) is 5.96 Å². The van der Waals surface area contributed by atoms with Crippen LogP contribution in [0.15, 0.2) is 4.99 Å². The Balaban J connectivity index is 0.00000243. The number of aliphatic imine (C=N–C) groups is 1. The van der Waals surface area contributed by atoms with E-state index < -0.39 is 0 Å². The molecule has 0 aromatic carbocycles. The average molecular weight is 480 g/mol.